The van der Waals surface area contributed by atoms with Crippen LogP contribution in [-0.4, -0.2) is 31.8 Å². The zero-order chi connectivity index (χ0) is 18.0. The van der Waals surface area contributed by atoms with Gasteiger partial charge in [-0.25, -0.2) is 4.68 Å². The lowest BCUT2D eigenvalue weighted by Crippen LogP contribution is -2.19. The van der Waals surface area contributed by atoms with E-state index >= 15 is 0 Å². The highest BCUT2D eigenvalue weighted by molar-refractivity contribution is 5.94. The molecule has 0 bridgehead atoms. The van der Waals surface area contributed by atoms with Crippen molar-refractivity contribution in [1.82, 2.24) is 20.0 Å². The average Bonchev–Trinajstić information content (AvgIpc) is 3.11. The molecule has 0 atom stereocenters. The molecule has 3 N–H and O–H groups in total. The van der Waals surface area contributed by atoms with Gasteiger partial charge in [0.15, 0.2) is 5.82 Å². The van der Waals surface area contributed by atoms with Gasteiger partial charge in [-0.1, -0.05) is 19.1 Å². The van der Waals surface area contributed by atoms with Crippen molar-refractivity contribution in [1.29, 1.82) is 0 Å². The van der Waals surface area contributed by atoms with Gasteiger partial charge in [0.25, 0.3) is 0 Å². The summed E-state index contributed by atoms with van der Waals surface area (Å²) in [6, 6.07) is 7.69. The number of carbonyl (C=O) groups excluding carboxylic acids is 2. The van der Waals surface area contributed by atoms with Gasteiger partial charge in [0.05, 0.1) is 6.20 Å². The summed E-state index contributed by atoms with van der Waals surface area (Å²) >= 11 is 0. The second kappa shape index (κ2) is 6.76. The van der Waals surface area contributed by atoms with E-state index in [1.807, 2.05) is 31.2 Å². The number of carbonyl (C=O) groups is 2. The Morgan fingerprint density at radius 1 is 1.24 bits per heavy atom. The average molecular weight is 340 g/mol. The molecule has 3 aromatic rings. The van der Waals surface area contributed by atoms with Gasteiger partial charge in [-0.05, 0) is 31.2 Å². The van der Waals surface area contributed by atoms with Gasteiger partial charge in [-0.2, -0.15) is 0 Å². The molecule has 0 aliphatic heterocycles. The first kappa shape index (κ1) is 16.7. The number of H-pyrrole nitrogens is 1. The summed E-state index contributed by atoms with van der Waals surface area (Å²) in [7, 11) is 0. The van der Waals surface area contributed by atoms with E-state index in [4.69, 9.17) is 0 Å². The number of hydrogen-bond donors (Lipinski definition) is 3. The number of aryl methyl sites for hydroxylation is 1. The maximum Gasteiger partial charge on any atom is 0.246 e. The molecule has 0 unspecified atom stereocenters. The van der Waals surface area contributed by atoms with Gasteiger partial charge in [0.1, 0.15) is 6.54 Å². The van der Waals surface area contributed by atoms with Crippen LogP contribution in [0.3, 0.4) is 0 Å². The lowest BCUT2D eigenvalue weighted by Gasteiger charge is -2.05. The van der Waals surface area contributed by atoms with Crippen molar-refractivity contribution in [3.8, 4) is 0 Å². The second-order valence-corrected chi connectivity index (χ2v) is 6.25. The normalized spacial score (nSPS) is 11.0. The van der Waals surface area contributed by atoms with E-state index in [0.717, 1.165) is 16.6 Å². The predicted octanol–water partition coefficient (Wildman–Crippen LogP) is 2.30. The van der Waals surface area contributed by atoms with Crippen LogP contribution in [0, 0.1) is 12.8 Å². The fourth-order valence-corrected chi connectivity index (χ4v) is 2.41. The van der Waals surface area contributed by atoms with Gasteiger partial charge in [0, 0.05) is 28.2 Å². The molecule has 0 aliphatic carbocycles. The van der Waals surface area contributed by atoms with Crippen molar-refractivity contribution < 1.29 is 9.59 Å². The van der Waals surface area contributed by atoms with Crippen molar-refractivity contribution in [3.63, 3.8) is 0 Å². The number of nitrogens with one attached hydrogen (secondary N) is 3. The molecule has 0 spiro atoms. The van der Waals surface area contributed by atoms with E-state index in [0.29, 0.717) is 11.5 Å². The third kappa shape index (κ3) is 4.03. The summed E-state index contributed by atoms with van der Waals surface area (Å²) in [6.07, 6.45) is 1.53. The Morgan fingerprint density at radius 3 is 2.80 bits per heavy atom. The molecular weight excluding hydrogens is 320 g/mol. The van der Waals surface area contributed by atoms with Crippen molar-refractivity contribution in [3.05, 3.63) is 36.2 Å². The van der Waals surface area contributed by atoms with Crippen LogP contribution in [0.15, 0.2) is 30.5 Å². The summed E-state index contributed by atoms with van der Waals surface area (Å²) in [6.45, 7) is 5.57. The number of benzene rings is 1. The summed E-state index contributed by atoms with van der Waals surface area (Å²) in [5.74, 6) is -0.194. The zero-order valence-corrected chi connectivity index (χ0v) is 14.3. The Labute approximate surface area is 144 Å². The largest absolute Gasteiger partial charge is 0.359 e. The standard InChI is InChI=1S/C17H20N6O2/c1-10(2)17(25)20-15-8-23(22-21-15)9-16(24)19-13-4-5-14-12(7-13)6-11(3)18-14/h4-8,10,18H,9H2,1-3H3,(H,19,24)(H,20,25). The molecular formula is C17H20N6O2. The summed E-state index contributed by atoms with van der Waals surface area (Å²) in [5, 5.41) is 14.2. The molecule has 130 valence electrons. The fraction of sp³-hybridized carbons (Fsp3) is 0.294. The second-order valence-electron chi connectivity index (χ2n) is 6.25. The number of amides is 2. The predicted molar refractivity (Wildman–Crippen MR) is 95.2 cm³/mol. The van der Waals surface area contributed by atoms with E-state index < -0.39 is 0 Å². The van der Waals surface area contributed by atoms with E-state index in [2.05, 4.69) is 25.9 Å². The Kier molecular flexibility index (Phi) is 4.51. The van der Waals surface area contributed by atoms with Crippen molar-refractivity contribution in [2.24, 2.45) is 5.92 Å². The number of rotatable bonds is 5. The highest BCUT2D eigenvalue weighted by atomic mass is 16.2. The molecule has 0 fully saturated rings. The van der Waals surface area contributed by atoms with Crippen LogP contribution < -0.4 is 10.6 Å². The van der Waals surface area contributed by atoms with Crippen molar-refractivity contribution in [2.75, 3.05) is 10.6 Å². The van der Waals surface area contributed by atoms with Crippen molar-refractivity contribution in [2.45, 2.75) is 27.3 Å². The number of hydrogen-bond acceptors (Lipinski definition) is 4. The van der Waals surface area contributed by atoms with E-state index in [1.54, 1.807) is 13.8 Å². The van der Waals surface area contributed by atoms with Crippen LogP contribution >= 0.6 is 0 Å². The number of fused-ring (bicyclic) bond motifs is 1. The molecule has 3 rings (SSSR count). The first-order valence-electron chi connectivity index (χ1n) is 8.01. The zero-order valence-electron chi connectivity index (χ0n) is 14.3. The third-order valence-corrected chi connectivity index (χ3v) is 3.66. The highest BCUT2D eigenvalue weighted by Gasteiger charge is 2.11. The van der Waals surface area contributed by atoms with Crippen LogP contribution in [0.1, 0.15) is 19.5 Å². The summed E-state index contributed by atoms with van der Waals surface area (Å²) in [4.78, 5) is 27.0. The molecule has 2 aromatic heterocycles. The molecule has 0 saturated heterocycles. The SMILES string of the molecule is Cc1cc2cc(NC(=O)Cn3cc(NC(=O)C(C)C)nn3)ccc2[nH]1. The minimum atomic E-state index is -0.224. The Bertz CT molecular complexity index is 924. The van der Waals surface area contributed by atoms with Crippen molar-refractivity contribution >= 4 is 34.2 Å². The van der Waals surface area contributed by atoms with Gasteiger partial charge in [0.2, 0.25) is 11.8 Å². The minimum Gasteiger partial charge on any atom is -0.359 e. The van der Waals surface area contributed by atoms with E-state index in [9.17, 15) is 9.59 Å². The van der Waals surface area contributed by atoms with Crippen LogP contribution in [0.2, 0.25) is 0 Å². The molecule has 1 aromatic carbocycles. The quantitative estimate of drug-likeness (QED) is 0.663. The molecule has 0 saturated carbocycles. The molecule has 2 amide bonds. The Hall–Kier alpha value is -3.16. The van der Waals surface area contributed by atoms with E-state index in [1.165, 1.54) is 10.9 Å². The van der Waals surface area contributed by atoms with Gasteiger partial charge in [-0.3, -0.25) is 9.59 Å². The number of nitrogens with zero attached hydrogens (tertiary/aromatic N) is 3. The smallest absolute Gasteiger partial charge is 0.246 e. The molecule has 2 heterocycles. The van der Waals surface area contributed by atoms with Gasteiger partial charge >= 0.3 is 0 Å². The number of aromatic amines is 1. The van der Waals surface area contributed by atoms with Gasteiger partial charge < -0.3 is 15.6 Å². The topological polar surface area (TPSA) is 105 Å². The van der Waals surface area contributed by atoms with E-state index in [-0.39, 0.29) is 24.3 Å². The molecule has 8 nitrogen and oxygen atoms in total. The maximum absolute atomic E-state index is 12.2. The Morgan fingerprint density at radius 2 is 2.04 bits per heavy atom. The van der Waals surface area contributed by atoms with Gasteiger partial charge in [-0.15, -0.1) is 5.10 Å². The lowest BCUT2D eigenvalue weighted by molar-refractivity contribution is -0.119. The Balaban J connectivity index is 1.61. The molecule has 8 heteroatoms. The van der Waals surface area contributed by atoms with Crippen LogP contribution in [0.5, 0.6) is 0 Å². The highest BCUT2D eigenvalue weighted by Crippen LogP contribution is 2.19. The molecule has 0 radical (unpaired) electrons. The third-order valence-electron chi connectivity index (χ3n) is 3.66. The summed E-state index contributed by atoms with van der Waals surface area (Å²) in [5.41, 5.74) is 2.80. The number of aromatic nitrogens is 4. The summed E-state index contributed by atoms with van der Waals surface area (Å²) < 4.78 is 1.38. The van der Waals surface area contributed by atoms with Crippen LogP contribution in [0.4, 0.5) is 11.5 Å². The lowest BCUT2D eigenvalue weighted by atomic mass is 10.2. The number of anilines is 2. The minimum absolute atomic E-state index is 0.00868. The van der Waals surface area contributed by atoms with Crippen LogP contribution in [0.25, 0.3) is 10.9 Å². The monoisotopic (exact) mass is 340 g/mol. The van der Waals surface area contributed by atoms with Crippen LogP contribution in [-0.2, 0) is 16.1 Å². The first-order chi connectivity index (χ1) is 11.9. The first-order valence-corrected chi connectivity index (χ1v) is 8.01. The molecule has 25 heavy (non-hydrogen) atoms. The fourth-order valence-electron chi connectivity index (χ4n) is 2.41. The maximum atomic E-state index is 12.2. The molecule has 0 aliphatic rings.